The maximum atomic E-state index is 6.47. The van der Waals surface area contributed by atoms with Crippen LogP contribution < -0.4 is 10.5 Å². The summed E-state index contributed by atoms with van der Waals surface area (Å²) in [7, 11) is 1.78. The van der Waals surface area contributed by atoms with E-state index in [2.05, 4.69) is 18.2 Å². The van der Waals surface area contributed by atoms with Gasteiger partial charge in [-0.1, -0.05) is 25.3 Å². The minimum Gasteiger partial charge on any atom is -0.496 e. The Hall–Kier alpha value is -1.02. The van der Waals surface area contributed by atoms with Gasteiger partial charge in [0.25, 0.3) is 0 Å². The van der Waals surface area contributed by atoms with E-state index >= 15 is 0 Å². The highest BCUT2D eigenvalue weighted by Gasteiger charge is 2.35. The lowest BCUT2D eigenvalue weighted by atomic mass is 9.71. The number of ether oxygens (including phenoxy) is 1. The second-order valence-electron chi connectivity index (χ2n) is 6.30. The van der Waals surface area contributed by atoms with Crippen LogP contribution in [0.5, 0.6) is 5.75 Å². The molecule has 0 spiro atoms. The van der Waals surface area contributed by atoms with Crippen molar-refractivity contribution in [2.75, 3.05) is 7.11 Å². The van der Waals surface area contributed by atoms with E-state index in [1.165, 1.54) is 49.7 Å². The first kappa shape index (κ1) is 13.0. The van der Waals surface area contributed by atoms with Crippen molar-refractivity contribution in [1.82, 2.24) is 0 Å². The van der Waals surface area contributed by atoms with Gasteiger partial charge in [-0.2, -0.15) is 0 Å². The molecule has 1 aromatic carbocycles. The number of rotatable bonds is 3. The van der Waals surface area contributed by atoms with Gasteiger partial charge in [-0.05, 0) is 61.3 Å². The molecule has 2 aliphatic carbocycles. The lowest BCUT2D eigenvalue weighted by Crippen LogP contribution is -2.43. The highest BCUT2D eigenvalue weighted by Crippen LogP contribution is 2.43. The fourth-order valence-corrected chi connectivity index (χ4v) is 3.62. The quantitative estimate of drug-likeness (QED) is 0.887. The molecule has 2 N–H and O–H groups in total. The zero-order chi connectivity index (χ0) is 13.3. The van der Waals surface area contributed by atoms with Crippen molar-refractivity contribution in [2.45, 2.75) is 62.8 Å². The van der Waals surface area contributed by atoms with Crippen molar-refractivity contribution in [2.24, 2.45) is 5.73 Å². The van der Waals surface area contributed by atoms with Crippen LogP contribution in [0.1, 0.15) is 68.4 Å². The summed E-state index contributed by atoms with van der Waals surface area (Å²) in [5.74, 6) is 1.73. The highest BCUT2D eigenvalue weighted by molar-refractivity contribution is 5.43. The van der Waals surface area contributed by atoms with Gasteiger partial charge >= 0.3 is 0 Å². The van der Waals surface area contributed by atoms with Crippen LogP contribution in [0.2, 0.25) is 0 Å². The Morgan fingerprint density at radius 2 is 1.84 bits per heavy atom. The van der Waals surface area contributed by atoms with Crippen molar-refractivity contribution >= 4 is 0 Å². The molecule has 0 aliphatic heterocycles. The molecule has 0 unspecified atom stereocenters. The lowest BCUT2D eigenvalue weighted by Gasteiger charge is -2.39. The van der Waals surface area contributed by atoms with Gasteiger partial charge < -0.3 is 10.5 Å². The van der Waals surface area contributed by atoms with E-state index in [1.807, 2.05) is 0 Å². The third kappa shape index (κ3) is 2.38. The molecule has 2 saturated carbocycles. The fourth-order valence-electron chi connectivity index (χ4n) is 3.62. The summed E-state index contributed by atoms with van der Waals surface area (Å²) in [6.07, 6.45) is 10.2. The first-order chi connectivity index (χ1) is 9.23. The molecule has 104 valence electrons. The molecule has 0 aromatic heterocycles. The summed E-state index contributed by atoms with van der Waals surface area (Å²) in [6.45, 7) is 0. The van der Waals surface area contributed by atoms with E-state index in [1.54, 1.807) is 7.11 Å². The third-order valence-electron chi connectivity index (χ3n) is 5.10. The maximum Gasteiger partial charge on any atom is 0.122 e. The Kier molecular flexibility index (Phi) is 3.53. The standard InChI is InChI=1S/C17H25NO/c1-19-16-9-8-14(17(18)10-5-11-17)12-15(16)13-6-3-2-4-7-13/h8-9,12-13H,2-7,10-11,18H2,1H3. The molecule has 3 rings (SSSR count). The van der Waals surface area contributed by atoms with Gasteiger partial charge in [0, 0.05) is 5.54 Å². The van der Waals surface area contributed by atoms with E-state index in [0.29, 0.717) is 5.92 Å². The van der Waals surface area contributed by atoms with E-state index in [0.717, 1.165) is 18.6 Å². The van der Waals surface area contributed by atoms with Crippen LogP contribution in [0.4, 0.5) is 0 Å². The first-order valence-electron chi connectivity index (χ1n) is 7.70. The molecule has 0 saturated heterocycles. The van der Waals surface area contributed by atoms with Crippen LogP contribution in [-0.4, -0.2) is 7.11 Å². The number of hydrogen-bond donors (Lipinski definition) is 1. The van der Waals surface area contributed by atoms with Crippen molar-refractivity contribution in [1.29, 1.82) is 0 Å². The molecular formula is C17H25NO. The first-order valence-corrected chi connectivity index (χ1v) is 7.70. The third-order valence-corrected chi connectivity index (χ3v) is 5.10. The number of hydrogen-bond acceptors (Lipinski definition) is 2. The minimum absolute atomic E-state index is 0.0598. The zero-order valence-corrected chi connectivity index (χ0v) is 12.0. The van der Waals surface area contributed by atoms with Crippen molar-refractivity contribution in [3.63, 3.8) is 0 Å². The van der Waals surface area contributed by atoms with Crippen LogP contribution in [0.25, 0.3) is 0 Å². The molecular weight excluding hydrogens is 234 g/mol. The molecule has 19 heavy (non-hydrogen) atoms. The highest BCUT2D eigenvalue weighted by atomic mass is 16.5. The minimum atomic E-state index is -0.0598. The number of benzene rings is 1. The Balaban J connectivity index is 1.93. The van der Waals surface area contributed by atoms with E-state index in [4.69, 9.17) is 10.5 Å². The molecule has 2 fully saturated rings. The van der Waals surface area contributed by atoms with Gasteiger partial charge in [0.05, 0.1) is 7.11 Å². The number of methoxy groups -OCH3 is 1. The van der Waals surface area contributed by atoms with Gasteiger partial charge in [-0.15, -0.1) is 0 Å². The van der Waals surface area contributed by atoms with E-state index < -0.39 is 0 Å². The van der Waals surface area contributed by atoms with Crippen LogP contribution in [0, 0.1) is 0 Å². The molecule has 0 radical (unpaired) electrons. The van der Waals surface area contributed by atoms with Gasteiger partial charge in [0.2, 0.25) is 0 Å². The average Bonchev–Trinajstić information content (AvgIpc) is 2.45. The Morgan fingerprint density at radius 1 is 1.11 bits per heavy atom. The Morgan fingerprint density at radius 3 is 2.42 bits per heavy atom. The topological polar surface area (TPSA) is 35.2 Å². The predicted molar refractivity (Wildman–Crippen MR) is 78.5 cm³/mol. The molecule has 2 heteroatoms. The van der Waals surface area contributed by atoms with Gasteiger partial charge in [-0.25, -0.2) is 0 Å². The molecule has 1 aromatic rings. The van der Waals surface area contributed by atoms with Crippen LogP contribution in [0.3, 0.4) is 0 Å². The summed E-state index contributed by atoms with van der Waals surface area (Å²) in [6, 6.07) is 6.64. The van der Waals surface area contributed by atoms with Crippen molar-refractivity contribution < 1.29 is 4.74 Å². The largest absolute Gasteiger partial charge is 0.496 e. The molecule has 2 aliphatic rings. The summed E-state index contributed by atoms with van der Waals surface area (Å²) in [5, 5.41) is 0. The number of nitrogens with two attached hydrogens (primary N) is 1. The monoisotopic (exact) mass is 259 g/mol. The van der Waals surface area contributed by atoms with Crippen molar-refractivity contribution in [3.8, 4) is 5.75 Å². The molecule has 2 nitrogen and oxygen atoms in total. The van der Waals surface area contributed by atoms with Gasteiger partial charge in [0.1, 0.15) is 5.75 Å². The summed E-state index contributed by atoms with van der Waals surface area (Å²) < 4.78 is 5.58. The maximum absolute atomic E-state index is 6.47. The second kappa shape index (κ2) is 5.16. The zero-order valence-electron chi connectivity index (χ0n) is 12.0. The smallest absolute Gasteiger partial charge is 0.122 e. The summed E-state index contributed by atoms with van der Waals surface area (Å²) in [5.41, 5.74) is 9.13. The second-order valence-corrected chi connectivity index (χ2v) is 6.30. The SMILES string of the molecule is COc1ccc(C2(N)CCC2)cc1C1CCCCC1. The molecule has 0 atom stereocenters. The van der Waals surface area contributed by atoms with Gasteiger partial charge in [-0.3, -0.25) is 0 Å². The van der Waals surface area contributed by atoms with E-state index in [9.17, 15) is 0 Å². The van der Waals surface area contributed by atoms with Crippen molar-refractivity contribution in [3.05, 3.63) is 29.3 Å². The fraction of sp³-hybridized carbons (Fsp3) is 0.647. The Labute approximate surface area is 116 Å². The summed E-state index contributed by atoms with van der Waals surface area (Å²) in [4.78, 5) is 0. The average molecular weight is 259 g/mol. The molecule has 0 amide bonds. The lowest BCUT2D eigenvalue weighted by molar-refractivity contribution is 0.253. The van der Waals surface area contributed by atoms with Gasteiger partial charge in [0.15, 0.2) is 0 Å². The van der Waals surface area contributed by atoms with E-state index in [-0.39, 0.29) is 5.54 Å². The van der Waals surface area contributed by atoms with Crippen LogP contribution >= 0.6 is 0 Å². The predicted octanol–water partition coefficient (Wildman–Crippen LogP) is 4.08. The molecule has 0 heterocycles. The summed E-state index contributed by atoms with van der Waals surface area (Å²) >= 11 is 0. The normalized spacial score (nSPS) is 22.8. The van der Waals surface area contributed by atoms with Crippen LogP contribution in [0.15, 0.2) is 18.2 Å². The van der Waals surface area contributed by atoms with Crippen LogP contribution in [-0.2, 0) is 5.54 Å². The Bertz CT molecular complexity index is 445. The molecule has 0 bridgehead atoms.